The molecule has 0 spiro atoms. The molecule has 0 bridgehead atoms. The zero-order valence-corrected chi connectivity index (χ0v) is 13.4. The van der Waals surface area contributed by atoms with E-state index < -0.39 is 0 Å². The van der Waals surface area contributed by atoms with Crippen LogP contribution >= 0.6 is 0 Å². The molecule has 0 aromatic heterocycles. The van der Waals surface area contributed by atoms with Gasteiger partial charge >= 0.3 is 6.03 Å². The molecule has 4 nitrogen and oxygen atoms in total. The number of hydrogen-bond acceptors (Lipinski definition) is 2. The lowest BCUT2D eigenvalue weighted by atomic mass is 10.1. The van der Waals surface area contributed by atoms with E-state index in [1.54, 1.807) is 0 Å². The molecular formula is C19H23N3O. The van der Waals surface area contributed by atoms with Gasteiger partial charge in [0.1, 0.15) is 0 Å². The Hall–Kier alpha value is -2.75. The second kappa shape index (κ2) is 9.30. The molecule has 0 heterocycles. The molecule has 0 fully saturated rings. The van der Waals surface area contributed by atoms with Crippen molar-refractivity contribution in [3.63, 3.8) is 0 Å². The van der Waals surface area contributed by atoms with Crippen LogP contribution in [0.15, 0.2) is 66.7 Å². The van der Waals surface area contributed by atoms with Crippen molar-refractivity contribution in [2.24, 2.45) is 0 Å². The summed E-state index contributed by atoms with van der Waals surface area (Å²) in [5.74, 6) is 0. The van der Waals surface area contributed by atoms with Gasteiger partial charge in [-0.05, 0) is 30.5 Å². The number of allylic oxidation sites excluding steroid dienone is 1. The summed E-state index contributed by atoms with van der Waals surface area (Å²) >= 11 is 0. The topological polar surface area (TPSA) is 53.2 Å². The third-order valence-electron chi connectivity index (χ3n) is 3.33. The standard InChI is InChI=1S/C19H23N3O/c1-2-3-6-15-18(16-11-7-4-8-12-16)21-22-19(23)20-17-13-9-5-10-14-17/h4-5,7-15,21H,2-3,6H2,1H3,(H2,20,22,23)/b18-15-. The van der Waals surface area contributed by atoms with Gasteiger partial charge in [0.05, 0.1) is 5.70 Å². The van der Waals surface area contributed by atoms with Gasteiger partial charge in [-0.25, -0.2) is 4.79 Å². The van der Waals surface area contributed by atoms with Gasteiger partial charge in [-0.3, -0.25) is 10.9 Å². The Kier molecular flexibility index (Phi) is 6.72. The van der Waals surface area contributed by atoms with E-state index in [1.165, 1.54) is 0 Å². The maximum Gasteiger partial charge on any atom is 0.337 e. The highest BCUT2D eigenvalue weighted by Gasteiger charge is 2.04. The molecule has 2 aromatic rings. The summed E-state index contributed by atoms with van der Waals surface area (Å²) in [7, 11) is 0. The molecule has 3 N–H and O–H groups in total. The number of urea groups is 1. The molecule has 0 aliphatic rings. The lowest BCUT2D eigenvalue weighted by molar-refractivity contribution is 0.250. The molecule has 0 saturated heterocycles. The van der Waals surface area contributed by atoms with E-state index in [0.717, 1.165) is 36.2 Å². The molecule has 4 heteroatoms. The second-order valence-corrected chi connectivity index (χ2v) is 5.20. The number of anilines is 1. The molecule has 120 valence electrons. The number of carbonyl (C=O) groups excluding carboxylic acids is 1. The normalized spacial score (nSPS) is 10.9. The second-order valence-electron chi connectivity index (χ2n) is 5.20. The summed E-state index contributed by atoms with van der Waals surface area (Å²) in [6, 6.07) is 19.0. The van der Waals surface area contributed by atoms with Crippen LogP contribution in [0.1, 0.15) is 31.7 Å². The van der Waals surface area contributed by atoms with Crippen LogP contribution in [-0.2, 0) is 0 Å². The zero-order chi connectivity index (χ0) is 16.3. The van der Waals surface area contributed by atoms with E-state index in [2.05, 4.69) is 29.2 Å². The quantitative estimate of drug-likeness (QED) is 0.519. The van der Waals surface area contributed by atoms with Gasteiger partial charge in [-0.1, -0.05) is 68.0 Å². The van der Waals surface area contributed by atoms with Crippen LogP contribution < -0.4 is 16.2 Å². The molecule has 2 rings (SSSR count). The number of hydrogen-bond donors (Lipinski definition) is 3. The first-order valence-corrected chi connectivity index (χ1v) is 7.93. The molecule has 2 amide bonds. The summed E-state index contributed by atoms with van der Waals surface area (Å²) in [5, 5.41) is 2.78. The van der Waals surface area contributed by atoms with Gasteiger partial charge in [0.15, 0.2) is 0 Å². The van der Waals surface area contributed by atoms with E-state index in [4.69, 9.17) is 0 Å². The predicted octanol–water partition coefficient (Wildman–Crippen LogP) is 4.54. The molecular weight excluding hydrogens is 286 g/mol. The van der Waals surface area contributed by atoms with E-state index in [-0.39, 0.29) is 6.03 Å². The van der Waals surface area contributed by atoms with Crippen molar-refractivity contribution in [3.05, 3.63) is 72.3 Å². The van der Waals surface area contributed by atoms with Crippen LogP contribution in [0.2, 0.25) is 0 Å². The van der Waals surface area contributed by atoms with Crippen molar-refractivity contribution >= 4 is 17.4 Å². The lowest BCUT2D eigenvalue weighted by Crippen LogP contribution is -2.39. The summed E-state index contributed by atoms with van der Waals surface area (Å²) in [5.41, 5.74) is 8.41. The smallest absolute Gasteiger partial charge is 0.307 e. The van der Waals surface area contributed by atoms with E-state index in [1.807, 2.05) is 60.7 Å². The van der Waals surface area contributed by atoms with Gasteiger partial charge in [0.2, 0.25) is 0 Å². The molecule has 2 aromatic carbocycles. The van der Waals surface area contributed by atoms with Gasteiger partial charge < -0.3 is 5.32 Å². The number of hydrazine groups is 1. The molecule has 0 aliphatic heterocycles. The van der Waals surface area contributed by atoms with Gasteiger partial charge in [0.25, 0.3) is 0 Å². The Morgan fingerprint density at radius 1 is 0.957 bits per heavy atom. The summed E-state index contributed by atoms with van der Waals surface area (Å²) in [6.07, 6.45) is 5.34. The minimum Gasteiger partial charge on any atom is -0.307 e. The van der Waals surface area contributed by atoms with Crippen molar-refractivity contribution in [1.29, 1.82) is 0 Å². The predicted molar refractivity (Wildman–Crippen MR) is 95.7 cm³/mol. The largest absolute Gasteiger partial charge is 0.337 e. The van der Waals surface area contributed by atoms with E-state index in [0.29, 0.717) is 0 Å². The van der Waals surface area contributed by atoms with Crippen LogP contribution in [0.5, 0.6) is 0 Å². The first kappa shape index (κ1) is 16.6. The highest BCUT2D eigenvalue weighted by Crippen LogP contribution is 2.12. The summed E-state index contributed by atoms with van der Waals surface area (Å²) in [4.78, 5) is 12.0. The first-order chi connectivity index (χ1) is 11.3. The summed E-state index contributed by atoms with van der Waals surface area (Å²) < 4.78 is 0. The highest BCUT2D eigenvalue weighted by atomic mass is 16.2. The van der Waals surface area contributed by atoms with Crippen molar-refractivity contribution in [1.82, 2.24) is 10.9 Å². The molecule has 0 saturated carbocycles. The third-order valence-corrected chi connectivity index (χ3v) is 3.33. The van der Waals surface area contributed by atoms with Crippen LogP contribution in [0.25, 0.3) is 5.70 Å². The van der Waals surface area contributed by atoms with Gasteiger partial charge in [-0.2, -0.15) is 0 Å². The monoisotopic (exact) mass is 309 g/mol. The Balaban J connectivity index is 1.95. The fourth-order valence-corrected chi connectivity index (χ4v) is 2.12. The minimum atomic E-state index is -0.298. The fourth-order valence-electron chi connectivity index (χ4n) is 2.12. The number of nitrogens with one attached hydrogen (secondary N) is 3. The lowest BCUT2D eigenvalue weighted by Gasteiger charge is -2.13. The highest BCUT2D eigenvalue weighted by molar-refractivity contribution is 5.89. The maximum absolute atomic E-state index is 12.0. The van der Waals surface area contributed by atoms with Gasteiger partial charge in [0, 0.05) is 5.69 Å². The van der Waals surface area contributed by atoms with Crippen molar-refractivity contribution in [2.75, 3.05) is 5.32 Å². The first-order valence-electron chi connectivity index (χ1n) is 7.93. The number of carbonyl (C=O) groups is 1. The molecule has 0 unspecified atom stereocenters. The van der Waals surface area contributed by atoms with Crippen molar-refractivity contribution in [2.45, 2.75) is 26.2 Å². The fraction of sp³-hybridized carbons (Fsp3) is 0.211. The van der Waals surface area contributed by atoms with Crippen LogP contribution in [0, 0.1) is 0 Å². The van der Waals surface area contributed by atoms with Crippen molar-refractivity contribution < 1.29 is 4.79 Å². The van der Waals surface area contributed by atoms with Crippen molar-refractivity contribution in [3.8, 4) is 0 Å². The van der Waals surface area contributed by atoms with Crippen LogP contribution in [0.4, 0.5) is 10.5 Å². The molecule has 0 radical (unpaired) electrons. The Morgan fingerprint density at radius 3 is 2.26 bits per heavy atom. The zero-order valence-electron chi connectivity index (χ0n) is 13.4. The summed E-state index contributed by atoms with van der Waals surface area (Å²) in [6.45, 7) is 2.16. The Morgan fingerprint density at radius 2 is 1.61 bits per heavy atom. The Labute approximate surface area is 137 Å². The average Bonchev–Trinajstić information content (AvgIpc) is 2.59. The maximum atomic E-state index is 12.0. The van der Waals surface area contributed by atoms with Gasteiger partial charge in [-0.15, -0.1) is 0 Å². The minimum absolute atomic E-state index is 0.298. The van der Waals surface area contributed by atoms with E-state index in [9.17, 15) is 4.79 Å². The molecule has 0 atom stereocenters. The number of amides is 2. The average molecular weight is 309 g/mol. The number of unbranched alkanes of at least 4 members (excludes halogenated alkanes) is 2. The number of rotatable bonds is 7. The Bertz CT molecular complexity index is 624. The van der Waals surface area contributed by atoms with Crippen LogP contribution in [0.3, 0.4) is 0 Å². The number of para-hydroxylation sites is 1. The van der Waals surface area contributed by atoms with E-state index >= 15 is 0 Å². The SMILES string of the molecule is CCCC/C=C(\NNC(=O)Nc1ccccc1)c1ccccc1. The van der Waals surface area contributed by atoms with Crippen LogP contribution in [-0.4, -0.2) is 6.03 Å². The molecule has 0 aliphatic carbocycles. The number of benzene rings is 2. The molecule has 23 heavy (non-hydrogen) atoms. The third kappa shape index (κ3) is 5.87.